The van der Waals surface area contributed by atoms with E-state index in [0.717, 1.165) is 16.0 Å². The first-order chi connectivity index (χ1) is 16.4. The van der Waals surface area contributed by atoms with Gasteiger partial charge >= 0.3 is 11.9 Å². The fraction of sp³-hybridized carbons (Fsp3) is 0.417. The van der Waals surface area contributed by atoms with Crippen LogP contribution in [0.4, 0.5) is 0 Å². The fourth-order valence-corrected chi connectivity index (χ4v) is 4.66. The van der Waals surface area contributed by atoms with Crippen molar-refractivity contribution in [1.82, 2.24) is 0 Å². The zero-order chi connectivity index (χ0) is 24.5. The Hall–Kier alpha value is -3.04. The molecule has 1 unspecified atom stereocenters. The van der Waals surface area contributed by atoms with Gasteiger partial charge in [0.2, 0.25) is 0 Å². The highest BCUT2D eigenvalue weighted by molar-refractivity contribution is 7.99. The number of thioether (sulfide) groups is 1. The average molecular weight is 486 g/mol. The third kappa shape index (κ3) is 7.23. The van der Waals surface area contributed by atoms with Gasteiger partial charge < -0.3 is 18.9 Å². The van der Waals surface area contributed by atoms with Crippen LogP contribution in [0, 0.1) is 6.92 Å². The van der Waals surface area contributed by atoms with Crippen molar-refractivity contribution in [3.05, 3.63) is 76.2 Å². The second-order valence-electron chi connectivity index (χ2n) is 7.81. The molecule has 0 bridgehead atoms. The van der Waals surface area contributed by atoms with Crippen LogP contribution in [0.1, 0.15) is 25.0 Å². The summed E-state index contributed by atoms with van der Waals surface area (Å²) in [6.07, 6.45) is -2.55. The molecule has 1 saturated heterocycles. The van der Waals surface area contributed by atoms with Gasteiger partial charge in [-0.05, 0) is 30.2 Å². The van der Waals surface area contributed by atoms with Crippen LogP contribution in [0.25, 0.3) is 10.4 Å². The molecule has 0 radical (unpaired) electrons. The van der Waals surface area contributed by atoms with Crippen molar-refractivity contribution in [3.63, 3.8) is 0 Å². The summed E-state index contributed by atoms with van der Waals surface area (Å²) < 4.78 is 23.2. The van der Waals surface area contributed by atoms with Gasteiger partial charge in [0.05, 0.1) is 6.61 Å². The monoisotopic (exact) mass is 485 g/mol. The standard InChI is InChI=1S/C24H27N3O6S/c1-15-9-11-19(12-10-15)34-24-21(26-27-25)23(32-17(3)29)22(20(33-24)14-30-16(2)28)31-13-18-7-5-4-6-8-18/h4-12,20-24H,13-14H2,1-3H3/t20-,21-,22-,23-,24?/m1/s1. The largest absolute Gasteiger partial charge is 0.463 e. The number of ether oxygens (including phenoxy) is 4. The quantitative estimate of drug-likeness (QED) is 0.221. The highest BCUT2D eigenvalue weighted by atomic mass is 32.2. The maximum atomic E-state index is 12.0. The number of rotatable bonds is 9. The van der Waals surface area contributed by atoms with Gasteiger partial charge in [0, 0.05) is 23.7 Å². The van der Waals surface area contributed by atoms with Crippen LogP contribution in [-0.2, 0) is 35.1 Å². The summed E-state index contributed by atoms with van der Waals surface area (Å²) in [5.74, 6) is -1.03. The molecule has 0 amide bonds. The van der Waals surface area contributed by atoms with Crippen LogP contribution >= 0.6 is 11.8 Å². The van der Waals surface area contributed by atoms with E-state index in [-0.39, 0.29) is 13.2 Å². The third-order valence-electron chi connectivity index (χ3n) is 5.11. The summed E-state index contributed by atoms with van der Waals surface area (Å²) >= 11 is 1.33. The van der Waals surface area contributed by atoms with E-state index in [2.05, 4.69) is 10.0 Å². The highest BCUT2D eigenvalue weighted by Crippen LogP contribution is 2.37. The number of azide groups is 1. The molecule has 0 N–H and O–H groups in total. The summed E-state index contributed by atoms with van der Waals surface area (Å²) in [6, 6.07) is 16.3. The lowest BCUT2D eigenvalue weighted by Crippen LogP contribution is -2.59. The van der Waals surface area contributed by atoms with E-state index >= 15 is 0 Å². The minimum absolute atomic E-state index is 0.111. The number of nitrogens with zero attached hydrogens (tertiary/aromatic N) is 3. The van der Waals surface area contributed by atoms with Gasteiger partial charge in [-0.1, -0.05) is 64.9 Å². The Morgan fingerprint density at radius 3 is 2.38 bits per heavy atom. The zero-order valence-electron chi connectivity index (χ0n) is 19.2. The Labute approximate surface area is 202 Å². The van der Waals surface area contributed by atoms with Crippen LogP contribution < -0.4 is 0 Å². The molecular weight excluding hydrogens is 458 g/mol. The predicted molar refractivity (Wildman–Crippen MR) is 126 cm³/mol. The van der Waals surface area contributed by atoms with Crippen LogP contribution in [0.15, 0.2) is 64.6 Å². The van der Waals surface area contributed by atoms with Crippen molar-refractivity contribution in [1.29, 1.82) is 0 Å². The van der Waals surface area contributed by atoms with Gasteiger partial charge in [0.25, 0.3) is 0 Å². The molecule has 1 aliphatic heterocycles. The van der Waals surface area contributed by atoms with E-state index in [0.29, 0.717) is 0 Å². The Morgan fingerprint density at radius 2 is 1.76 bits per heavy atom. The van der Waals surface area contributed by atoms with Gasteiger partial charge in [-0.2, -0.15) is 0 Å². The van der Waals surface area contributed by atoms with Crippen LogP contribution in [-0.4, -0.2) is 48.3 Å². The number of hydrogen-bond acceptors (Lipinski definition) is 8. The van der Waals surface area contributed by atoms with Crippen LogP contribution in [0.2, 0.25) is 0 Å². The number of esters is 2. The molecule has 3 rings (SSSR count). The molecule has 2 aromatic carbocycles. The summed E-state index contributed by atoms with van der Waals surface area (Å²) in [4.78, 5) is 27.4. The van der Waals surface area contributed by atoms with Gasteiger partial charge in [0.15, 0.2) is 0 Å². The minimum atomic E-state index is -0.950. The van der Waals surface area contributed by atoms with Crippen molar-refractivity contribution >= 4 is 23.7 Å². The maximum absolute atomic E-state index is 12.0. The Morgan fingerprint density at radius 1 is 1.06 bits per heavy atom. The molecule has 1 aliphatic rings. The van der Waals surface area contributed by atoms with Gasteiger partial charge in [-0.15, -0.1) is 0 Å². The normalized spacial score (nSPS) is 24.0. The lowest BCUT2D eigenvalue weighted by atomic mass is 9.98. The molecule has 2 aromatic rings. The third-order valence-corrected chi connectivity index (χ3v) is 6.28. The molecular formula is C24H27N3O6S. The lowest BCUT2D eigenvalue weighted by Gasteiger charge is -2.44. The van der Waals surface area contributed by atoms with Crippen LogP contribution in [0.3, 0.4) is 0 Å². The molecule has 180 valence electrons. The number of carbonyl (C=O) groups excluding carboxylic acids is 2. The fourth-order valence-electron chi connectivity index (χ4n) is 3.55. The van der Waals surface area contributed by atoms with Crippen LogP contribution in [0.5, 0.6) is 0 Å². The van der Waals surface area contributed by atoms with Gasteiger partial charge in [-0.25, -0.2) is 0 Å². The Bertz CT molecular complexity index is 1010. The molecule has 5 atom stereocenters. The van der Waals surface area contributed by atoms with E-state index < -0.39 is 41.7 Å². The molecule has 0 spiro atoms. The highest BCUT2D eigenvalue weighted by Gasteiger charge is 2.49. The van der Waals surface area contributed by atoms with E-state index in [9.17, 15) is 15.1 Å². The second kappa shape index (κ2) is 12.4. The molecule has 0 aromatic heterocycles. The van der Waals surface area contributed by atoms with Gasteiger partial charge in [-0.3, -0.25) is 9.59 Å². The maximum Gasteiger partial charge on any atom is 0.303 e. The number of aryl methyl sites for hydroxylation is 1. The van der Waals surface area contributed by atoms with Crippen molar-refractivity contribution < 1.29 is 28.5 Å². The first kappa shape index (κ1) is 25.6. The Balaban J connectivity index is 1.92. The SMILES string of the molecule is CC(=O)OC[C@H]1OC(Sc2ccc(C)cc2)[C@H](N=[N+]=[N-])[C@@H](OC(C)=O)[C@@H]1OCc1ccccc1. The smallest absolute Gasteiger partial charge is 0.303 e. The minimum Gasteiger partial charge on any atom is -0.463 e. The Kier molecular flexibility index (Phi) is 9.35. The summed E-state index contributed by atoms with van der Waals surface area (Å²) in [6.45, 7) is 4.64. The molecule has 10 heteroatoms. The summed E-state index contributed by atoms with van der Waals surface area (Å²) in [5.41, 5.74) is 10.6. The topological polar surface area (TPSA) is 120 Å². The molecule has 1 fully saturated rings. The van der Waals surface area contributed by atoms with Crippen molar-refractivity contribution in [2.24, 2.45) is 5.11 Å². The van der Waals surface area contributed by atoms with E-state index in [4.69, 9.17) is 18.9 Å². The van der Waals surface area contributed by atoms with Crippen molar-refractivity contribution in [2.75, 3.05) is 6.61 Å². The number of carbonyl (C=O) groups is 2. The summed E-state index contributed by atoms with van der Waals surface area (Å²) in [7, 11) is 0. The van der Waals surface area contributed by atoms with E-state index in [1.807, 2.05) is 61.5 Å². The number of hydrogen-bond donors (Lipinski definition) is 0. The van der Waals surface area contributed by atoms with E-state index in [1.165, 1.54) is 25.6 Å². The molecule has 0 saturated carbocycles. The lowest BCUT2D eigenvalue weighted by molar-refractivity contribution is -0.209. The van der Waals surface area contributed by atoms with Crippen molar-refractivity contribution in [3.8, 4) is 0 Å². The summed E-state index contributed by atoms with van der Waals surface area (Å²) in [5, 5.41) is 3.92. The van der Waals surface area contributed by atoms with Crippen molar-refractivity contribution in [2.45, 2.75) is 62.1 Å². The first-order valence-corrected chi connectivity index (χ1v) is 11.6. The molecule has 34 heavy (non-hydrogen) atoms. The van der Waals surface area contributed by atoms with Gasteiger partial charge in [0.1, 0.15) is 36.4 Å². The average Bonchev–Trinajstić information content (AvgIpc) is 2.81. The molecule has 0 aliphatic carbocycles. The molecule has 1 heterocycles. The first-order valence-electron chi connectivity index (χ1n) is 10.8. The molecule has 9 nitrogen and oxygen atoms in total. The predicted octanol–water partition coefficient (Wildman–Crippen LogP) is 4.57. The second-order valence-corrected chi connectivity index (χ2v) is 8.98. The number of benzene rings is 2. The zero-order valence-corrected chi connectivity index (χ0v) is 20.0. The van der Waals surface area contributed by atoms with E-state index in [1.54, 1.807) is 0 Å².